The molecule has 0 saturated heterocycles. The van der Waals surface area contributed by atoms with E-state index in [1.807, 2.05) is 30.3 Å². The molecule has 28 heavy (non-hydrogen) atoms. The fraction of sp³-hybridized carbons (Fsp3) is 0.500. The van der Waals surface area contributed by atoms with E-state index in [0.717, 1.165) is 18.4 Å². The molecule has 1 atom stereocenters. The van der Waals surface area contributed by atoms with Crippen LogP contribution < -0.4 is 0 Å². The van der Waals surface area contributed by atoms with Crippen molar-refractivity contribution < 1.29 is 23.9 Å². The van der Waals surface area contributed by atoms with Crippen LogP contribution in [0.4, 0.5) is 0 Å². The molecular weight excluding hydrogens is 358 g/mol. The second kappa shape index (κ2) is 8.17. The van der Waals surface area contributed by atoms with Gasteiger partial charge in [0, 0.05) is 12.1 Å². The number of carbonyl (C=O) groups is 3. The van der Waals surface area contributed by atoms with Crippen molar-refractivity contribution in [2.45, 2.75) is 52.0 Å². The highest BCUT2D eigenvalue weighted by Gasteiger charge is 2.57. The molecular formula is C22H27NO5. The fourth-order valence-electron chi connectivity index (χ4n) is 4.58. The summed E-state index contributed by atoms with van der Waals surface area (Å²) in [6, 6.07) is 8.71. The van der Waals surface area contributed by atoms with Gasteiger partial charge >= 0.3 is 11.9 Å². The number of hydrogen-bond acceptors (Lipinski definition) is 5. The smallest absolute Gasteiger partial charge is 0.336 e. The first-order chi connectivity index (χ1) is 13.5. The van der Waals surface area contributed by atoms with Gasteiger partial charge in [-0.25, -0.2) is 9.59 Å². The van der Waals surface area contributed by atoms with Crippen molar-refractivity contribution in [1.29, 1.82) is 0 Å². The molecule has 0 bridgehead atoms. The van der Waals surface area contributed by atoms with Crippen molar-refractivity contribution in [3.05, 3.63) is 47.2 Å². The van der Waals surface area contributed by atoms with Crippen LogP contribution in [-0.4, -0.2) is 42.5 Å². The molecule has 1 heterocycles. The molecule has 0 aromatic heterocycles. The lowest BCUT2D eigenvalue weighted by Gasteiger charge is -2.30. The Hall–Kier alpha value is -2.63. The molecule has 1 amide bonds. The van der Waals surface area contributed by atoms with E-state index >= 15 is 0 Å². The third-order valence-electron chi connectivity index (χ3n) is 5.82. The van der Waals surface area contributed by atoms with Crippen molar-refractivity contribution in [1.82, 2.24) is 4.90 Å². The topological polar surface area (TPSA) is 72.9 Å². The van der Waals surface area contributed by atoms with E-state index < -0.39 is 23.4 Å². The largest absolute Gasteiger partial charge is 0.466 e. The van der Waals surface area contributed by atoms with E-state index in [-0.39, 0.29) is 12.5 Å². The van der Waals surface area contributed by atoms with Crippen LogP contribution in [-0.2, 0) is 30.3 Å². The number of allylic oxidation sites excluding steroid dienone is 1. The number of hydrogen-bond donors (Lipinski definition) is 0. The predicted molar refractivity (Wildman–Crippen MR) is 103 cm³/mol. The molecule has 1 spiro atoms. The Labute approximate surface area is 165 Å². The zero-order chi connectivity index (χ0) is 20.3. The fourth-order valence-corrected chi connectivity index (χ4v) is 4.58. The maximum atomic E-state index is 13.6. The van der Waals surface area contributed by atoms with Crippen molar-refractivity contribution in [3.63, 3.8) is 0 Å². The zero-order valence-corrected chi connectivity index (χ0v) is 16.7. The van der Waals surface area contributed by atoms with Crippen LogP contribution in [0.25, 0.3) is 0 Å². The Balaban J connectivity index is 2.05. The number of rotatable bonds is 6. The van der Waals surface area contributed by atoms with E-state index in [9.17, 15) is 14.4 Å². The number of methoxy groups -OCH3 is 1. The number of benzene rings is 1. The summed E-state index contributed by atoms with van der Waals surface area (Å²) in [5, 5.41) is 0. The summed E-state index contributed by atoms with van der Waals surface area (Å²) in [6.45, 7) is 3.70. The number of esters is 2. The van der Waals surface area contributed by atoms with Gasteiger partial charge in [0.2, 0.25) is 5.91 Å². The second-order valence-electron chi connectivity index (χ2n) is 7.37. The molecule has 6 nitrogen and oxygen atoms in total. The van der Waals surface area contributed by atoms with E-state index in [1.165, 1.54) is 12.0 Å². The molecule has 1 aliphatic carbocycles. The van der Waals surface area contributed by atoms with Crippen LogP contribution in [0.1, 0.15) is 45.1 Å². The highest BCUT2D eigenvalue weighted by atomic mass is 16.5. The number of carbonyl (C=O) groups excluding carboxylic acids is 3. The monoisotopic (exact) mass is 385 g/mol. The van der Waals surface area contributed by atoms with Crippen LogP contribution in [0, 0.1) is 5.41 Å². The zero-order valence-electron chi connectivity index (χ0n) is 16.7. The minimum Gasteiger partial charge on any atom is -0.466 e. The summed E-state index contributed by atoms with van der Waals surface area (Å²) in [4.78, 5) is 40.5. The Bertz CT molecular complexity index is 792. The van der Waals surface area contributed by atoms with Crippen LogP contribution in [0.3, 0.4) is 0 Å². The van der Waals surface area contributed by atoms with Gasteiger partial charge in [-0.1, -0.05) is 43.2 Å². The van der Waals surface area contributed by atoms with Crippen LogP contribution >= 0.6 is 0 Å². The summed E-state index contributed by atoms with van der Waals surface area (Å²) >= 11 is 0. The predicted octanol–water partition coefficient (Wildman–Crippen LogP) is 3.01. The molecule has 1 aliphatic heterocycles. The Morgan fingerprint density at radius 2 is 1.82 bits per heavy atom. The van der Waals surface area contributed by atoms with E-state index in [0.29, 0.717) is 30.5 Å². The first-order valence-electron chi connectivity index (χ1n) is 9.80. The van der Waals surface area contributed by atoms with Crippen molar-refractivity contribution in [2.24, 2.45) is 5.41 Å². The van der Waals surface area contributed by atoms with Gasteiger partial charge in [-0.2, -0.15) is 0 Å². The normalized spacial score (nSPS) is 19.2. The molecule has 0 N–H and O–H groups in total. The maximum absolute atomic E-state index is 13.6. The first-order valence-corrected chi connectivity index (χ1v) is 9.80. The average molecular weight is 385 g/mol. The summed E-state index contributed by atoms with van der Waals surface area (Å²) in [5.74, 6) is -1.13. The van der Waals surface area contributed by atoms with Crippen molar-refractivity contribution in [3.8, 4) is 0 Å². The van der Waals surface area contributed by atoms with Gasteiger partial charge in [-0.05, 0) is 32.3 Å². The molecule has 6 heteroatoms. The molecule has 150 valence electrons. The van der Waals surface area contributed by atoms with Gasteiger partial charge in [0.15, 0.2) is 0 Å². The van der Waals surface area contributed by atoms with Crippen LogP contribution in [0.2, 0.25) is 0 Å². The van der Waals surface area contributed by atoms with E-state index in [2.05, 4.69) is 0 Å². The van der Waals surface area contributed by atoms with E-state index in [1.54, 1.807) is 13.8 Å². The van der Waals surface area contributed by atoms with Gasteiger partial charge in [0.05, 0.1) is 24.7 Å². The molecule has 3 rings (SSSR count). The van der Waals surface area contributed by atoms with Crippen molar-refractivity contribution in [2.75, 3.05) is 13.7 Å². The Morgan fingerprint density at radius 1 is 1.18 bits per heavy atom. The quantitative estimate of drug-likeness (QED) is 0.704. The van der Waals surface area contributed by atoms with E-state index in [4.69, 9.17) is 9.47 Å². The highest BCUT2D eigenvalue weighted by Crippen LogP contribution is 2.52. The third kappa shape index (κ3) is 3.32. The Morgan fingerprint density at radius 3 is 2.39 bits per heavy atom. The van der Waals surface area contributed by atoms with Gasteiger partial charge < -0.3 is 14.4 Å². The lowest BCUT2D eigenvalue weighted by Crippen LogP contribution is -2.47. The first kappa shape index (κ1) is 20.1. The standard InChI is InChI=1S/C22H27NO5/c1-4-28-19(24)17(14-16-10-6-5-7-11-16)23-15(2)18(20(25)27-3)22(21(23)26)12-8-9-13-22/h5-7,10-11,17H,4,8-9,12-14H2,1-3H3/t17-/m1/s1. The van der Waals surface area contributed by atoms with Gasteiger partial charge in [-0.15, -0.1) is 0 Å². The van der Waals surface area contributed by atoms with Gasteiger partial charge in [-0.3, -0.25) is 4.79 Å². The molecule has 1 aromatic carbocycles. The number of nitrogens with zero attached hydrogens (tertiary/aromatic N) is 1. The summed E-state index contributed by atoms with van der Waals surface area (Å²) in [7, 11) is 1.32. The lowest BCUT2D eigenvalue weighted by molar-refractivity contribution is -0.154. The maximum Gasteiger partial charge on any atom is 0.336 e. The summed E-state index contributed by atoms with van der Waals surface area (Å²) < 4.78 is 10.3. The van der Waals surface area contributed by atoms with Crippen molar-refractivity contribution >= 4 is 17.8 Å². The van der Waals surface area contributed by atoms with Crippen LogP contribution in [0.5, 0.6) is 0 Å². The average Bonchev–Trinajstić information content (AvgIpc) is 3.25. The Kier molecular flexibility index (Phi) is 5.87. The number of ether oxygens (including phenoxy) is 2. The summed E-state index contributed by atoms with van der Waals surface area (Å²) in [6.07, 6.45) is 3.27. The summed E-state index contributed by atoms with van der Waals surface area (Å²) in [5.41, 5.74) is 0.958. The highest BCUT2D eigenvalue weighted by molar-refractivity contribution is 6.06. The molecule has 1 saturated carbocycles. The molecule has 1 fully saturated rings. The number of amides is 1. The molecule has 1 aromatic rings. The second-order valence-corrected chi connectivity index (χ2v) is 7.37. The molecule has 0 radical (unpaired) electrons. The van der Waals surface area contributed by atoms with Gasteiger partial charge in [0.1, 0.15) is 6.04 Å². The third-order valence-corrected chi connectivity index (χ3v) is 5.82. The van der Waals surface area contributed by atoms with Crippen LogP contribution in [0.15, 0.2) is 41.6 Å². The SMILES string of the molecule is CCOC(=O)[C@@H](Cc1ccccc1)N1C(=O)C2(CCCC2)C(C(=O)OC)=C1C. The van der Waals surface area contributed by atoms with Gasteiger partial charge in [0.25, 0.3) is 0 Å². The molecule has 0 unspecified atom stereocenters. The minimum absolute atomic E-state index is 0.183. The lowest BCUT2D eigenvalue weighted by atomic mass is 9.79. The minimum atomic E-state index is -0.876. The molecule has 2 aliphatic rings.